The summed E-state index contributed by atoms with van der Waals surface area (Å²) in [5.41, 5.74) is -0.126. The van der Waals surface area contributed by atoms with Crippen molar-refractivity contribution in [3.63, 3.8) is 0 Å². The molecule has 1 N–H and O–H groups in total. The highest BCUT2D eigenvalue weighted by Gasteiger charge is 2.25. The lowest BCUT2D eigenvalue weighted by Gasteiger charge is -2.18. The van der Waals surface area contributed by atoms with Gasteiger partial charge in [0.1, 0.15) is 23.1 Å². The molecule has 2 rings (SSSR count). The number of ether oxygens (including phenoxy) is 1. The van der Waals surface area contributed by atoms with E-state index in [-0.39, 0.29) is 16.5 Å². The van der Waals surface area contributed by atoms with Crippen molar-refractivity contribution in [2.24, 2.45) is 0 Å². The highest BCUT2D eigenvalue weighted by molar-refractivity contribution is 6.28. The van der Waals surface area contributed by atoms with E-state index in [1.54, 1.807) is 6.07 Å². The van der Waals surface area contributed by atoms with E-state index in [1.165, 1.54) is 13.2 Å². The Kier molecular flexibility index (Phi) is 4.62. The van der Waals surface area contributed by atoms with Crippen molar-refractivity contribution in [1.82, 2.24) is 5.32 Å². The van der Waals surface area contributed by atoms with E-state index in [4.69, 9.17) is 20.8 Å². The van der Waals surface area contributed by atoms with E-state index in [0.29, 0.717) is 12.3 Å². The molecule has 1 unspecified atom stereocenters. The molecule has 2 aromatic rings. The van der Waals surface area contributed by atoms with Crippen LogP contribution in [0.15, 0.2) is 28.7 Å². The maximum atomic E-state index is 14.1. The highest BCUT2D eigenvalue weighted by Crippen LogP contribution is 2.31. The van der Waals surface area contributed by atoms with Crippen molar-refractivity contribution < 1.29 is 17.9 Å². The minimum atomic E-state index is -0.751. The molecule has 0 spiro atoms. The lowest BCUT2D eigenvalue weighted by molar-refractivity contribution is 0.397. The number of methoxy groups -OCH3 is 1. The predicted molar refractivity (Wildman–Crippen MR) is 72.1 cm³/mol. The Morgan fingerprint density at radius 3 is 2.40 bits per heavy atom. The Labute approximate surface area is 120 Å². The number of benzene rings is 1. The summed E-state index contributed by atoms with van der Waals surface area (Å²) in [6.45, 7) is 2.34. The lowest BCUT2D eigenvalue weighted by Crippen LogP contribution is -2.23. The van der Waals surface area contributed by atoms with E-state index in [0.717, 1.165) is 12.1 Å². The normalized spacial score (nSPS) is 12.4. The molecule has 1 aromatic heterocycles. The van der Waals surface area contributed by atoms with E-state index in [2.05, 4.69) is 5.32 Å². The average molecular weight is 302 g/mol. The second kappa shape index (κ2) is 6.24. The van der Waals surface area contributed by atoms with Crippen LogP contribution in [0.1, 0.15) is 24.3 Å². The molecule has 1 aromatic carbocycles. The second-order valence-electron chi connectivity index (χ2n) is 4.14. The minimum Gasteiger partial charge on any atom is -0.497 e. The second-order valence-corrected chi connectivity index (χ2v) is 4.51. The molecule has 0 saturated carbocycles. The smallest absolute Gasteiger partial charge is 0.193 e. The van der Waals surface area contributed by atoms with Crippen LogP contribution in [0.4, 0.5) is 8.78 Å². The molecule has 0 bridgehead atoms. The first-order valence-electron chi connectivity index (χ1n) is 6.08. The maximum Gasteiger partial charge on any atom is 0.193 e. The summed E-state index contributed by atoms with van der Waals surface area (Å²) in [6.07, 6.45) is 0. The number of hydrogen-bond donors (Lipinski definition) is 1. The molecule has 6 heteroatoms. The van der Waals surface area contributed by atoms with Gasteiger partial charge in [-0.05, 0) is 30.3 Å². The fourth-order valence-electron chi connectivity index (χ4n) is 1.99. The molecule has 1 atom stereocenters. The van der Waals surface area contributed by atoms with Crippen molar-refractivity contribution in [3.8, 4) is 5.75 Å². The maximum absolute atomic E-state index is 14.1. The summed E-state index contributed by atoms with van der Waals surface area (Å²) in [5.74, 6) is -0.947. The van der Waals surface area contributed by atoms with Gasteiger partial charge >= 0.3 is 0 Å². The van der Waals surface area contributed by atoms with Gasteiger partial charge in [0.25, 0.3) is 0 Å². The zero-order valence-corrected chi connectivity index (χ0v) is 11.8. The summed E-state index contributed by atoms with van der Waals surface area (Å²) < 4.78 is 38.4. The van der Waals surface area contributed by atoms with Gasteiger partial charge in [0.05, 0.1) is 13.2 Å². The largest absolute Gasteiger partial charge is 0.497 e. The molecule has 0 aliphatic heterocycles. The van der Waals surface area contributed by atoms with E-state index in [1.807, 2.05) is 6.92 Å². The van der Waals surface area contributed by atoms with Crippen LogP contribution >= 0.6 is 11.6 Å². The van der Waals surface area contributed by atoms with Gasteiger partial charge in [0.2, 0.25) is 0 Å². The van der Waals surface area contributed by atoms with E-state index >= 15 is 0 Å². The molecule has 0 amide bonds. The quantitative estimate of drug-likeness (QED) is 0.909. The SMILES string of the molecule is CCNC(c1ccc(Cl)o1)c1c(F)cc(OC)cc1F. The van der Waals surface area contributed by atoms with Gasteiger partial charge in [-0.3, -0.25) is 0 Å². The van der Waals surface area contributed by atoms with Crippen LogP contribution in [-0.4, -0.2) is 13.7 Å². The Bertz CT molecular complexity index is 578. The summed E-state index contributed by atoms with van der Waals surface area (Å²) in [5, 5.41) is 3.14. The van der Waals surface area contributed by atoms with Crippen LogP contribution in [0.5, 0.6) is 5.75 Å². The first kappa shape index (κ1) is 14.8. The number of halogens is 3. The molecule has 108 valence electrons. The van der Waals surface area contributed by atoms with Gasteiger partial charge < -0.3 is 14.5 Å². The van der Waals surface area contributed by atoms with Crippen LogP contribution in [-0.2, 0) is 0 Å². The molecular formula is C14H14ClF2NO2. The van der Waals surface area contributed by atoms with Crippen molar-refractivity contribution in [2.75, 3.05) is 13.7 Å². The first-order chi connectivity index (χ1) is 9.56. The number of nitrogens with one attached hydrogen (secondary N) is 1. The van der Waals surface area contributed by atoms with Gasteiger partial charge in [-0.15, -0.1) is 0 Å². The molecule has 0 saturated heterocycles. The summed E-state index contributed by atoms with van der Waals surface area (Å²) >= 11 is 5.72. The van der Waals surface area contributed by atoms with Crippen LogP contribution in [0.25, 0.3) is 0 Å². The average Bonchev–Trinajstić information content (AvgIpc) is 2.83. The molecule has 20 heavy (non-hydrogen) atoms. The Morgan fingerprint density at radius 1 is 1.30 bits per heavy atom. The Morgan fingerprint density at radius 2 is 1.95 bits per heavy atom. The monoisotopic (exact) mass is 301 g/mol. The third kappa shape index (κ3) is 2.94. The van der Waals surface area contributed by atoms with Crippen LogP contribution in [0, 0.1) is 11.6 Å². The standard InChI is InChI=1S/C14H14ClF2NO2/c1-3-18-14(11-4-5-12(15)20-11)13-9(16)6-8(19-2)7-10(13)17/h4-7,14,18H,3H2,1-2H3. The predicted octanol–water partition coefficient (Wildman–Crippen LogP) is 3.92. The molecule has 3 nitrogen and oxygen atoms in total. The molecule has 1 heterocycles. The van der Waals surface area contributed by atoms with Gasteiger partial charge in [-0.1, -0.05) is 6.92 Å². The highest BCUT2D eigenvalue weighted by atomic mass is 35.5. The third-order valence-corrected chi connectivity index (χ3v) is 3.07. The third-order valence-electron chi connectivity index (χ3n) is 2.86. The number of rotatable bonds is 5. The number of furan rings is 1. The summed E-state index contributed by atoms with van der Waals surface area (Å²) in [4.78, 5) is 0. The van der Waals surface area contributed by atoms with E-state index < -0.39 is 17.7 Å². The minimum absolute atomic E-state index is 0.122. The van der Waals surface area contributed by atoms with Gasteiger partial charge in [0.15, 0.2) is 5.22 Å². The Balaban J connectivity index is 2.49. The van der Waals surface area contributed by atoms with Crippen molar-refractivity contribution in [1.29, 1.82) is 0 Å². The fraction of sp³-hybridized carbons (Fsp3) is 0.286. The first-order valence-corrected chi connectivity index (χ1v) is 6.46. The summed E-state index contributed by atoms with van der Waals surface area (Å²) in [6, 6.07) is 4.62. The van der Waals surface area contributed by atoms with Crippen LogP contribution < -0.4 is 10.1 Å². The molecule has 0 radical (unpaired) electrons. The van der Waals surface area contributed by atoms with Crippen molar-refractivity contribution >= 4 is 11.6 Å². The van der Waals surface area contributed by atoms with Crippen molar-refractivity contribution in [3.05, 3.63) is 52.4 Å². The lowest BCUT2D eigenvalue weighted by atomic mass is 10.0. The van der Waals surface area contributed by atoms with Gasteiger partial charge in [0, 0.05) is 17.7 Å². The fourth-order valence-corrected chi connectivity index (χ4v) is 2.14. The van der Waals surface area contributed by atoms with Gasteiger partial charge in [-0.25, -0.2) is 8.78 Å². The van der Waals surface area contributed by atoms with Crippen LogP contribution in [0.2, 0.25) is 5.22 Å². The zero-order chi connectivity index (χ0) is 14.7. The Hall–Kier alpha value is -1.59. The van der Waals surface area contributed by atoms with E-state index in [9.17, 15) is 8.78 Å². The summed E-state index contributed by atoms with van der Waals surface area (Å²) in [7, 11) is 1.35. The molecule has 0 aliphatic rings. The van der Waals surface area contributed by atoms with Crippen molar-refractivity contribution in [2.45, 2.75) is 13.0 Å². The number of hydrogen-bond acceptors (Lipinski definition) is 3. The molecule has 0 aliphatic carbocycles. The molecular weight excluding hydrogens is 288 g/mol. The van der Waals surface area contributed by atoms with Crippen LogP contribution in [0.3, 0.4) is 0 Å². The molecule has 0 fully saturated rings. The van der Waals surface area contributed by atoms with Gasteiger partial charge in [-0.2, -0.15) is 0 Å². The zero-order valence-electron chi connectivity index (χ0n) is 11.0. The topological polar surface area (TPSA) is 34.4 Å².